The zero-order valence-corrected chi connectivity index (χ0v) is 12.0. The summed E-state index contributed by atoms with van der Waals surface area (Å²) in [5.74, 6) is 0. The summed E-state index contributed by atoms with van der Waals surface area (Å²) in [5, 5.41) is 9.98. The minimum atomic E-state index is -1.49. The van der Waals surface area contributed by atoms with Gasteiger partial charge in [0.2, 0.25) is 0 Å². The SMILES string of the molecule is C=CCOC[C@H]1OC(O)[C@H](OCC=C)[C@@H](OCC=C)[C@@H]1F. The molecule has 0 aromatic rings. The van der Waals surface area contributed by atoms with E-state index in [1.165, 1.54) is 12.2 Å². The highest BCUT2D eigenvalue weighted by molar-refractivity contribution is 4.92. The largest absolute Gasteiger partial charge is 0.375 e. The van der Waals surface area contributed by atoms with E-state index in [9.17, 15) is 9.50 Å². The molecule has 120 valence electrons. The van der Waals surface area contributed by atoms with Gasteiger partial charge in [0, 0.05) is 0 Å². The van der Waals surface area contributed by atoms with E-state index in [4.69, 9.17) is 18.9 Å². The number of aliphatic hydroxyl groups is 1. The van der Waals surface area contributed by atoms with E-state index in [0.29, 0.717) is 0 Å². The Balaban J connectivity index is 2.71. The van der Waals surface area contributed by atoms with Crippen molar-refractivity contribution in [1.29, 1.82) is 0 Å². The summed E-state index contributed by atoms with van der Waals surface area (Å²) in [4.78, 5) is 0. The number of ether oxygens (including phenoxy) is 4. The summed E-state index contributed by atoms with van der Waals surface area (Å²) in [6.07, 6.45) is -1.08. The normalized spacial score (nSPS) is 32.6. The molecule has 1 aliphatic heterocycles. The molecular weight excluding hydrogens is 279 g/mol. The Morgan fingerprint density at radius 1 is 1.00 bits per heavy atom. The summed E-state index contributed by atoms with van der Waals surface area (Å²) in [6.45, 7) is 11.1. The fourth-order valence-corrected chi connectivity index (χ4v) is 2.01. The Morgan fingerprint density at radius 3 is 2.14 bits per heavy atom. The minimum absolute atomic E-state index is 0.00757. The number of hydrogen-bond acceptors (Lipinski definition) is 5. The first-order valence-electron chi connectivity index (χ1n) is 6.76. The lowest BCUT2D eigenvalue weighted by Gasteiger charge is -2.41. The van der Waals surface area contributed by atoms with Crippen LogP contribution < -0.4 is 0 Å². The maximum atomic E-state index is 14.5. The fraction of sp³-hybridized carbons (Fsp3) is 0.600. The van der Waals surface area contributed by atoms with Crippen molar-refractivity contribution < 1.29 is 28.4 Å². The van der Waals surface area contributed by atoms with E-state index >= 15 is 0 Å². The first-order valence-corrected chi connectivity index (χ1v) is 6.76. The number of aliphatic hydroxyl groups excluding tert-OH is 1. The molecule has 5 nitrogen and oxygen atoms in total. The van der Waals surface area contributed by atoms with Gasteiger partial charge in [0.15, 0.2) is 12.5 Å². The van der Waals surface area contributed by atoms with Crippen LogP contribution in [0.15, 0.2) is 38.0 Å². The molecule has 0 spiro atoms. The van der Waals surface area contributed by atoms with Crippen LogP contribution in [0, 0.1) is 0 Å². The second-order valence-electron chi connectivity index (χ2n) is 4.51. The molecule has 1 aliphatic rings. The van der Waals surface area contributed by atoms with Gasteiger partial charge >= 0.3 is 0 Å². The highest BCUT2D eigenvalue weighted by atomic mass is 19.1. The molecule has 1 N–H and O–H groups in total. The van der Waals surface area contributed by atoms with Gasteiger partial charge in [0.1, 0.15) is 18.3 Å². The minimum Gasteiger partial charge on any atom is -0.375 e. The van der Waals surface area contributed by atoms with Crippen molar-refractivity contribution >= 4 is 0 Å². The molecule has 0 radical (unpaired) electrons. The van der Waals surface area contributed by atoms with Crippen molar-refractivity contribution in [2.24, 2.45) is 0 Å². The fourth-order valence-electron chi connectivity index (χ4n) is 2.01. The molecule has 1 unspecified atom stereocenters. The third-order valence-corrected chi connectivity index (χ3v) is 2.92. The Kier molecular flexibility index (Phi) is 8.41. The third kappa shape index (κ3) is 5.33. The van der Waals surface area contributed by atoms with Gasteiger partial charge in [0.05, 0.1) is 26.4 Å². The molecule has 0 bridgehead atoms. The highest BCUT2D eigenvalue weighted by Crippen LogP contribution is 2.27. The Bertz CT molecular complexity index is 336. The van der Waals surface area contributed by atoms with Crippen molar-refractivity contribution in [2.75, 3.05) is 26.4 Å². The number of alkyl halides is 1. The molecule has 0 aromatic heterocycles. The highest BCUT2D eigenvalue weighted by Gasteiger charge is 2.47. The molecule has 1 heterocycles. The molecule has 21 heavy (non-hydrogen) atoms. The number of hydrogen-bond donors (Lipinski definition) is 1. The Hall–Kier alpha value is -1.05. The van der Waals surface area contributed by atoms with Crippen LogP contribution in [0.25, 0.3) is 0 Å². The van der Waals surface area contributed by atoms with Gasteiger partial charge < -0.3 is 24.1 Å². The average molecular weight is 302 g/mol. The summed E-state index contributed by atoms with van der Waals surface area (Å²) in [7, 11) is 0. The van der Waals surface area contributed by atoms with Crippen molar-refractivity contribution in [3.8, 4) is 0 Å². The quantitative estimate of drug-likeness (QED) is 0.488. The molecular formula is C15H23FO5. The first kappa shape index (κ1) is 18.0. The molecule has 1 fully saturated rings. The lowest BCUT2D eigenvalue weighted by molar-refractivity contribution is -0.291. The van der Waals surface area contributed by atoms with Crippen molar-refractivity contribution in [2.45, 2.75) is 30.8 Å². The molecule has 6 heteroatoms. The van der Waals surface area contributed by atoms with Crippen LogP contribution in [0.5, 0.6) is 0 Å². The van der Waals surface area contributed by atoms with E-state index < -0.39 is 30.8 Å². The van der Waals surface area contributed by atoms with Crippen LogP contribution in [-0.4, -0.2) is 62.3 Å². The molecule has 0 amide bonds. The Labute approximate surface area is 124 Å². The summed E-state index contributed by atoms with van der Waals surface area (Å²) in [5.41, 5.74) is 0. The van der Waals surface area contributed by atoms with E-state index in [1.54, 1.807) is 6.08 Å². The van der Waals surface area contributed by atoms with E-state index in [2.05, 4.69) is 19.7 Å². The van der Waals surface area contributed by atoms with Gasteiger partial charge in [0.25, 0.3) is 0 Å². The van der Waals surface area contributed by atoms with Gasteiger partial charge in [-0.2, -0.15) is 0 Å². The summed E-state index contributed by atoms with van der Waals surface area (Å²) < 4.78 is 35.7. The third-order valence-electron chi connectivity index (χ3n) is 2.92. The van der Waals surface area contributed by atoms with Gasteiger partial charge in [-0.15, -0.1) is 19.7 Å². The smallest absolute Gasteiger partial charge is 0.184 e. The van der Waals surface area contributed by atoms with Gasteiger partial charge in [-0.25, -0.2) is 4.39 Å². The molecule has 0 saturated carbocycles. The monoisotopic (exact) mass is 302 g/mol. The lowest BCUT2D eigenvalue weighted by Crippen LogP contribution is -2.59. The topological polar surface area (TPSA) is 57.2 Å². The summed E-state index contributed by atoms with van der Waals surface area (Å²) >= 11 is 0. The second kappa shape index (κ2) is 9.81. The average Bonchev–Trinajstić information content (AvgIpc) is 2.48. The number of halogens is 1. The zero-order chi connectivity index (χ0) is 15.7. The van der Waals surface area contributed by atoms with Crippen LogP contribution in [-0.2, 0) is 18.9 Å². The predicted octanol–water partition coefficient (Wildman–Crippen LogP) is 1.39. The lowest BCUT2D eigenvalue weighted by atomic mass is 10.00. The van der Waals surface area contributed by atoms with Crippen molar-refractivity contribution in [1.82, 2.24) is 0 Å². The van der Waals surface area contributed by atoms with Gasteiger partial charge in [-0.05, 0) is 0 Å². The molecule has 5 atom stereocenters. The van der Waals surface area contributed by atoms with Gasteiger partial charge in [-0.1, -0.05) is 18.2 Å². The van der Waals surface area contributed by atoms with E-state index in [1.807, 2.05) is 0 Å². The predicted molar refractivity (Wildman–Crippen MR) is 76.7 cm³/mol. The van der Waals surface area contributed by atoms with Crippen molar-refractivity contribution in [3.63, 3.8) is 0 Å². The number of rotatable bonds is 10. The van der Waals surface area contributed by atoms with Crippen LogP contribution in [0.4, 0.5) is 4.39 Å². The van der Waals surface area contributed by atoms with E-state index in [0.717, 1.165) is 0 Å². The molecule has 0 aromatic carbocycles. The summed E-state index contributed by atoms with van der Waals surface area (Å²) in [6, 6.07) is 0. The maximum absolute atomic E-state index is 14.5. The molecule has 1 saturated heterocycles. The molecule has 1 rings (SSSR count). The van der Waals surface area contributed by atoms with Crippen LogP contribution >= 0.6 is 0 Å². The van der Waals surface area contributed by atoms with Crippen molar-refractivity contribution in [3.05, 3.63) is 38.0 Å². The zero-order valence-electron chi connectivity index (χ0n) is 12.0. The van der Waals surface area contributed by atoms with Crippen LogP contribution in [0.2, 0.25) is 0 Å². The standard InChI is InChI=1S/C15H23FO5/c1-4-7-18-10-11-12(16)13(19-8-5-2)14(15(17)21-11)20-9-6-3/h4-6,11-15,17H,1-3,7-10H2/t11-,12-,13+,14-,15?/m1/s1. The molecule has 0 aliphatic carbocycles. The van der Waals surface area contributed by atoms with Crippen LogP contribution in [0.1, 0.15) is 0 Å². The van der Waals surface area contributed by atoms with Gasteiger partial charge in [-0.3, -0.25) is 0 Å². The Morgan fingerprint density at radius 2 is 1.57 bits per heavy atom. The van der Waals surface area contributed by atoms with Crippen LogP contribution in [0.3, 0.4) is 0 Å². The maximum Gasteiger partial charge on any atom is 0.184 e. The van der Waals surface area contributed by atoms with E-state index in [-0.39, 0.29) is 26.4 Å². The first-order chi connectivity index (χ1) is 10.2. The second-order valence-corrected chi connectivity index (χ2v) is 4.51.